The molecule has 1 amide bonds. The van der Waals surface area contributed by atoms with Crippen molar-refractivity contribution in [3.63, 3.8) is 0 Å². The molecule has 0 unspecified atom stereocenters. The Bertz CT molecular complexity index is 978. The van der Waals surface area contributed by atoms with Crippen LogP contribution in [0, 0.1) is 5.92 Å². The maximum absolute atomic E-state index is 13.0. The summed E-state index contributed by atoms with van der Waals surface area (Å²) >= 11 is 13.9. The molecule has 1 aromatic heterocycles. The molecule has 0 saturated carbocycles. The number of halogens is 2. The van der Waals surface area contributed by atoms with Gasteiger partial charge in [-0.1, -0.05) is 29.3 Å². The van der Waals surface area contributed by atoms with Crippen LogP contribution in [0.4, 0.5) is 0 Å². The molecular formula is C19H20Cl2N2O3S2. The lowest BCUT2D eigenvalue weighted by molar-refractivity contribution is -0.137. The fraction of sp³-hybridized carbons (Fsp3) is 0.421. The van der Waals surface area contributed by atoms with E-state index in [1.54, 1.807) is 17.4 Å². The zero-order chi connectivity index (χ0) is 19.9. The smallest absolute Gasteiger partial charge is 0.246 e. The van der Waals surface area contributed by atoms with Gasteiger partial charge in [0.2, 0.25) is 15.9 Å². The molecule has 9 heteroatoms. The fourth-order valence-corrected chi connectivity index (χ4v) is 7.35. The van der Waals surface area contributed by atoms with Crippen molar-refractivity contribution in [1.29, 1.82) is 0 Å². The molecule has 5 nitrogen and oxygen atoms in total. The van der Waals surface area contributed by atoms with E-state index in [0.29, 0.717) is 19.4 Å². The third kappa shape index (κ3) is 3.71. The maximum Gasteiger partial charge on any atom is 0.246 e. The molecule has 0 atom stereocenters. The number of thiophene rings is 1. The number of sulfonamides is 1. The number of hydrogen-bond acceptors (Lipinski definition) is 4. The molecule has 2 aliphatic heterocycles. The van der Waals surface area contributed by atoms with Crippen LogP contribution in [0.3, 0.4) is 0 Å². The van der Waals surface area contributed by atoms with Crippen LogP contribution in [0.5, 0.6) is 0 Å². The van der Waals surface area contributed by atoms with Gasteiger partial charge in [0.25, 0.3) is 0 Å². The Morgan fingerprint density at radius 3 is 2.43 bits per heavy atom. The lowest BCUT2D eigenvalue weighted by Crippen LogP contribution is -2.45. The van der Waals surface area contributed by atoms with Gasteiger partial charge in [0, 0.05) is 37.0 Å². The minimum Gasteiger partial charge on any atom is -0.338 e. The van der Waals surface area contributed by atoms with Crippen LogP contribution in [0.1, 0.15) is 23.3 Å². The Labute approximate surface area is 178 Å². The molecule has 150 valence electrons. The van der Waals surface area contributed by atoms with Crippen LogP contribution >= 0.6 is 34.5 Å². The van der Waals surface area contributed by atoms with Gasteiger partial charge in [0.05, 0.1) is 10.0 Å². The van der Waals surface area contributed by atoms with E-state index >= 15 is 0 Å². The number of nitrogens with zero attached hydrogens (tertiary/aromatic N) is 2. The van der Waals surface area contributed by atoms with Crippen LogP contribution in [-0.4, -0.2) is 43.2 Å². The molecule has 4 rings (SSSR count). The van der Waals surface area contributed by atoms with Gasteiger partial charge in [0.1, 0.15) is 4.90 Å². The number of carbonyl (C=O) groups is 1. The molecule has 1 saturated heterocycles. The zero-order valence-electron chi connectivity index (χ0n) is 15.1. The normalized spacial score (nSPS) is 18.9. The first-order valence-corrected chi connectivity index (χ1v) is 12.2. The van der Waals surface area contributed by atoms with Crippen molar-refractivity contribution in [2.75, 3.05) is 19.6 Å². The summed E-state index contributed by atoms with van der Waals surface area (Å²) in [5.41, 5.74) is 1.23. The van der Waals surface area contributed by atoms with Crippen molar-refractivity contribution in [2.45, 2.75) is 30.7 Å². The van der Waals surface area contributed by atoms with Crippen molar-refractivity contribution < 1.29 is 13.2 Å². The number of amides is 1. The molecule has 0 radical (unpaired) electrons. The molecule has 0 spiro atoms. The van der Waals surface area contributed by atoms with Crippen LogP contribution in [0.25, 0.3) is 0 Å². The van der Waals surface area contributed by atoms with Gasteiger partial charge in [-0.2, -0.15) is 4.31 Å². The first-order chi connectivity index (χ1) is 13.4. The second-order valence-electron chi connectivity index (χ2n) is 7.11. The summed E-state index contributed by atoms with van der Waals surface area (Å²) < 4.78 is 27.3. The molecule has 0 N–H and O–H groups in total. The van der Waals surface area contributed by atoms with E-state index in [4.69, 9.17) is 23.2 Å². The minimum absolute atomic E-state index is 0.0517. The van der Waals surface area contributed by atoms with Gasteiger partial charge in [-0.15, -0.1) is 11.3 Å². The Morgan fingerprint density at radius 2 is 1.75 bits per heavy atom. The highest BCUT2D eigenvalue weighted by atomic mass is 35.5. The predicted molar refractivity (Wildman–Crippen MR) is 111 cm³/mol. The quantitative estimate of drug-likeness (QED) is 0.696. The van der Waals surface area contributed by atoms with Crippen LogP contribution < -0.4 is 0 Å². The predicted octanol–water partition coefficient (Wildman–Crippen LogP) is 4.04. The van der Waals surface area contributed by atoms with E-state index in [0.717, 1.165) is 13.0 Å². The van der Waals surface area contributed by atoms with Crippen molar-refractivity contribution >= 4 is 50.5 Å². The van der Waals surface area contributed by atoms with Gasteiger partial charge in [-0.05, 0) is 48.4 Å². The van der Waals surface area contributed by atoms with Gasteiger partial charge in [-0.3, -0.25) is 4.79 Å². The Kier molecular flexibility index (Phi) is 5.73. The van der Waals surface area contributed by atoms with Crippen molar-refractivity contribution in [1.82, 2.24) is 9.21 Å². The molecule has 2 aromatic rings. The number of fused-ring (bicyclic) bond motifs is 1. The molecule has 28 heavy (non-hydrogen) atoms. The lowest BCUT2D eigenvalue weighted by Gasteiger charge is -2.35. The highest BCUT2D eigenvalue weighted by Gasteiger charge is 2.36. The monoisotopic (exact) mass is 458 g/mol. The van der Waals surface area contributed by atoms with Crippen LogP contribution in [0.2, 0.25) is 10.0 Å². The number of rotatable bonds is 3. The maximum atomic E-state index is 13.0. The average Bonchev–Trinajstić information content (AvgIpc) is 3.15. The molecular weight excluding hydrogens is 439 g/mol. The first kappa shape index (κ1) is 20.2. The third-order valence-corrected chi connectivity index (χ3v) is 9.32. The Balaban J connectivity index is 1.43. The second kappa shape index (κ2) is 7.95. The van der Waals surface area contributed by atoms with E-state index < -0.39 is 10.0 Å². The van der Waals surface area contributed by atoms with Crippen molar-refractivity contribution in [3.05, 3.63) is 50.1 Å². The van der Waals surface area contributed by atoms with Gasteiger partial charge in [-0.25, -0.2) is 8.42 Å². The molecule has 1 fully saturated rings. The highest BCUT2D eigenvalue weighted by Crippen LogP contribution is 2.34. The molecule has 1 aromatic carbocycles. The fourth-order valence-electron chi connectivity index (χ4n) is 3.90. The number of benzene rings is 1. The zero-order valence-corrected chi connectivity index (χ0v) is 18.3. The summed E-state index contributed by atoms with van der Waals surface area (Å²) in [4.78, 5) is 16.2. The molecule has 0 bridgehead atoms. The van der Waals surface area contributed by atoms with Gasteiger partial charge < -0.3 is 4.90 Å². The van der Waals surface area contributed by atoms with E-state index in [1.165, 1.54) is 26.9 Å². The van der Waals surface area contributed by atoms with Crippen LogP contribution in [-0.2, 0) is 27.8 Å². The minimum atomic E-state index is -3.78. The standard InChI is InChI=1S/C19H20Cl2N2O3S2/c20-15-2-1-3-16(21)18(15)28(25,26)23-9-4-13(5-10-23)19(24)22-8-6-17-14(12-22)7-11-27-17/h1-3,7,11,13H,4-6,8-10,12H2. The summed E-state index contributed by atoms with van der Waals surface area (Å²) in [6, 6.07) is 6.74. The summed E-state index contributed by atoms with van der Waals surface area (Å²) in [6.45, 7) is 1.97. The molecule has 2 aliphatic rings. The first-order valence-electron chi connectivity index (χ1n) is 9.16. The number of carbonyl (C=O) groups excluding carboxylic acids is 1. The largest absolute Gasteiger partial charge is 0.338 e. The third-order valence-electron chi connectivity index (χ3n) is 5.44. The molecule has 0 aliphatic carbocycles. The molecule has 3 heterocycles. The number of piperidine rings is 1. The van der Waals surface area contributed by atoms with Gasteiger partial charge >= 0.3 is 0 Å². The summed E-state index contributed by atoms with van der Waals surface area (Å²) in [5.74, 6) is -0.0157. The Morgan fingerprint density at radius 1 is 1.07 bits per heavy atom. The topological polar surface area (TPSA) is 57.7 Å². The van der Waals surface area contributed by atoms with E-state index in [-0.39, 0.29) is 39.9 Å². The lowest BCUT2D eigenvalue weighted by atomic mass is 9.95. The number of hydrogen-bond donors (Lipinski definition) is 0. The van der Waals surface area contributed by atoms with Crippen molar-refractivity contribution in [3.8, 4) is 0 Å². The van der Waals surface area contributed by atoms with E-state index in [9.17, 15) is 13.2 Å². The van der Waals surface area contributed by atoms with Crippen LogP contribution in [0.15, 0.2) is 34.5 Å². The van der Waals surface area contributed by atoms with E-state index in [2.05, 4.69) is 11.4 Å². The van der Waals surface area contributed by atoms with Gasteiger partial charge in [0.15, 0.2) is 0 Å². The summed E-state index contributed by atoms with van der Waals surface area (Å²) in [7, 11) is -3.78. The summed E-state index contributed by atoms with van der Waals surface area (Å²) in [5, 5.41) is 2.30. The van der Waals surface area contributed by atoms with Crippen molar-refractivity contribution in [2.24, 2.45) is 5.92 Å². The summed E-state index contributed by atoms with van der Waals surface area (Å²) in [6.07, 6.45) is 1.91. The van der Waals surface area contributed by atoms with E-state index in [1.807, 2.05) is 4.90 Å². The Hall–Kier alpha value is -1.12. The highest BCUT2D eigenvalue weighted by molar-refractivity contribution is 7.89. The average molecular weight is 459 g/mol. The second-order valence-corrected chi connectivity index (χ2v) is 10.8. The SMILES string of the molecule is O=C(C1CCN(S(=O)(=O)c2c(Cl)cccc2Cl)CC1)N1CCc2sccc2C1.